The number of aliphatic imine (C=N–C) groups is 1. The van der Waals surface area contributed by atoms with Crippen LogP contribution in [0.1, 0.15) is 71.6 Å². The van der Waals surface area contributed by atoms with Gasteiger partial charge in [-0.25, -0.2) is 4.99 Å². The lowest BCUT2D eigenvalue weighted by Gasteiger charge is -2.33. The first-order valence-electron chi connectivity index (χ1n) is 11.3. The smallest absolute Gasteiger partial charge is 0.243 e. The number of ether oxygens (including phenoxy) is 1. The molecule has 29 heavy (non-hydrogen) atoms. The van der Waals surface area contributed by atoms with Crippen LogP contribution in [-0.2, 0) is 9.53 Å². The van der Waals surface area contributed by atoms with Crippen molar-refractivity contribution in [3.8, 4) is 0 Å². The Morgan fingerprint density at radius 2 is 1.86 bits per heavy atom. The standard InChI is InChI=1S/C22H42N4O2.HI/c1-5-28-15-14-22(12-8-9-13-22)17-24-21(23-16-20(27)26(3)4)25-19-11-7-6-10-18(19)2;/h18-19H,5-17H2,1-4H3,(H2,23,24,25);1H. The zero-order valence-corrected chi connectivity index (χ0v) is 21.3. The second-order valence-corrected chi connectivity index (χ2v) is 8.97. The SMILES string of the molecule is CCOCCC1(CNC(=NCC(=O)N(C)C)NC2CCCCC2C)CCCC1.I. The Bertz CT molecular complexity index is 507. The second-order valence-electron chi connectivity index (χ2n) is 8.97. The monoisotopic (exact) mass is 522 g/mol. The Morgan fingerprint density at radius 3 is 2.48 bits per heavy atom. The molecular weight excluding hydrogens is 479 g/mol. The van der Waals surface area contributed by atoms with Crippen molar-refractivity contribution in [1.29, 1.82) is 0 Å². The minimum atomic E-state index is 0. The predicted octanol–water partition coefficient (Wildman–Crippen LogP) is 3.79. The summed E-state index contributed by atoms with van der Waals surface area (Å²) >= 11 is 0. The van der Waals surface area contributed by atoms with E-state index >= 15 is 0 Å². The lowest BCUT2D eigenvalue weighted by Crippen LogP contribution is -2.50. The van der Waals surface area contributed by atoms with E-state index in [1.54, 1.807) is 19.0 Å². The van der Waals surface area contributed by atoms with Gasteiger partial charge in [0.15, 0.2) is 5.96 Å². The fraction of sp³-hybridized carbons (Fsp3) is 0.909. The van der Waals surface area contributed by atoms with Gasteiger partial charge in [-0.2, -0.15) is 0 Å². The first-order chi connectivity index (χ1) is 13.5. The van der Waals surface area contributed by atoms with Gasteiger partial charge in [-0.05, 0) is 50.4 Å². The zero-order chi connectivity index (χ0) is 20.4. The lowest BCUT2D eigenvalue weighted by molar-refractivity contribution is -0.127. The van der Waals surface area contributed by atoms with E-state index in [1.165, 1.54) is 51.4 Å². The third-order valence-corrected chi connectivity index (χ3v) is 6.58. The van der Waals surface area contributed by atoms with E-state index in [2.05, 4.69) is 29.5 Å². The Morgan fingerprint density at radius 1 is 1.17 bits per heavy atom. The lowest BCUT2D eigenvalue weighted by atomic mass is 9.83. The van der Waals surface area contributed by atoms with Gasteiger partial charge in [0, 0.05) is 39.9 Å². The molecule has 1 amide bonds. The van der Waals surface area contributed by atoms with Crippen molar-refractivity contribution in [2.45, 2.75) is 77.7 Å². The number of nitrogens with one attached hydrogen (secondary N) is 2. The Kier molecular flexibility index (Phi) is 12.5. The van der Waals surface area contributed by atoms with Crippen LogP contribution in [0, 0.1) is 11.3 Å². The summed E-state index contributed by atoms with van der Waals surface area (Å²) in [5.41, 5.74) is 0.293. The molecule has 6 nitrogen and oxygen atoms in total. The molecule has 0 bridgehead atoms. The molecular formula is C22H43IN4O2. The highest BCUT2D eigenvalue weighted by molar-refractivity contribution is 14.0. The average molecular weight is 523 g/mol. The van der Waals surface area contributed by atoms with E-state index in [4.69, 9.17) is 4.74 Å². The first kappa shape index (κ1) is 26.5. The number of guanidine groups is 1. The van der Waals surface area contributed by atoms with Gasteiger partial charge in [0.1, 0.15) is 6.54 Å². The number of hydrogen-bond acceptors (Lipinski definition) is 3. The largest absolute Gasteiger partial charge is 0.382 e. The molecule has 0 aliphatic heterocycles. The number of amides is 1. The molecule has 0 radical (unpaired) electrons. The normalized spacial score (nSPS) is 23.9. The van der Waals surface area contributed by atoms with Crippen molar-refractivity contribution in [2.24, 2.45) is 16.3 Å². The summed E-state index contributed by atoms with van der Waals surface area (Å²) < 4.78 is 5.64. The number of carbonyl (C=O) groups is 1. The van der Waals surface area contributed by atoms with Gasteiger partial charge in [-0.15, -0.1) is 24.0 Å². The summed E-state index contributed by atoms with van der Waals surface area (Å²) in [5, 5.41) is 7.25. The molecule has 2 fully saturated rings. The molecule has 2 unspecified atom stereocenters. The number of rotatable bonds is 9. The van der Waals surface area contributed by atoms with Crippen molar-refractivity contribution >= 4 is 35.8 Å². The summed E-state index contributed by atoms with van der Waals surface area (Å²) in [6, 6.07) is 0.442. The summed E-state index contributed by atoms with van der Waals surface area (Å²) in [5.74, 6) is 1.48. The fourth-order valence-electron chi connectivity index (χ4n) is 4.49. The van der Waals surface area contributed by atoms with Gasteiger partial charge in [0.2, 0.25) is 5.91 Å². The van der Waals surface area contributed by atoms with E-state index in [9.17, 15) is 4.79 Å². The maximum absolute atomic E-state index is 12.0. The van der Waals surface area contributed by atoms with Crippen LogP contribution in [0.15, 0.2) is 4.99 Å². The summed E-state index contributed by atoms with van der Waals surface area (Å²) in [6.07, 6.45) is 11.2. The van der Waals surface area contributed by atoms with Crippen molar-refractivity contribution < 1.29 is 9.53 Å². The first-order valence-corrected chi connectivity index (χ1v) is 11.3. The van der Waals surface area contributed by atoms with Crippen LogP contribution < -0.4 is 10.6 Å². The Labute approximate surface area is 195 Å². The summed E-state index contributed by atoms with van der Waals surface area (Å²) in [4.78, 5) is 18.3. The average Bonchev–Trinajstić information content (AvgIpc) is 3.14. The van der Waals surface area contributed by atoms with Gasteiger partial charge >= 0.3 is 0 Å². The van der Waals surface area contributed by atoms with Crippen LogP contribution in [0.25, 0.3) is 0 Å². The molecule has 2 atom stereocenters. The molecule has 2 aliphatic carbocycles. The van der Waals surface area contributed by atoms with Crippen LogP contribution in [0.2, 0.25) is 0 Å². The topological polar surface area (TPSA) is 66.0 Å². The van der Waals surface area contributed by atoms with Gasteiger partial charge in [-0.1, -0.05) is 32.6 Å². The van der Waals surface area contributed by atoms with E-state index in [0.29, 0.717) is 17.4 Å². The van der Waals surface area contributed by atoms with E-state index < -0.39 is 0 Å². The highest BCUT2D eigenvalue weighted by atomic mass is 127. The van der Waals surface area contributed by atoms with E-state index in [0.717, 1.165) is 32.1 Å². The fourth-order valence-corrected chi connectivity index (χ4v) is 4.49. The van der Waals surface area contributed by atoms with Crippen LogP contribution >= 0.6 is 24.0 Å². The van der Waals surface area contributed by atoms with E-state index in [-0.39, 0.29) is 36.4 Å². The summed E-state index contributed by atoms with van der Waals surface area (Å²) in [7, 11) is 3.56. The number of nitrogens with zero attached hydrogens (tertiary/aromatic N) is 2. The third kappa shape index (κ3) is 8.99. The zero-order valence-electron chi connectivity index (χ0n) is 19.0. The molecule has 2 saturated carbocycles. The van der Waals surface area contributed by atoms with Crippen LogP contribution in [0.4, 0.5) is 0 Å². The molecule has 0 aromatic heterocycles. The minimum Gasteiger partial charge on any atom is -0.382 e. The molecule has 2 aliphatic rings. The van der Waals surface area contributed by atoms with Crippen molar-refractivity contribution in [3.63, 3.8) is 0 Å². The van der Waals surface area contributed by atoms with Gasteiger partial charge < -0.3 is 20.3 Å². The molecule has 2 rings (SSSR count). The maximum Gasteiger partial charge on any atom is 0.243 e. The molecule has 0 aromatic rings. The van der Waals surface area contributed by atoms with Crippen molar-refractivity contribution in [1.82, 2.24) is 15.5 Å². The van der Waals surface area contributed by atoms with Crippen molar-refractivity contribution in [3.05, 3.63) is 0 Å². The van der Waals surface area contributed by atoms with Gasteiger partial charge in [0.05, 0.1) is 0 Å². The molecule has 170 valence electrons. The number of hydrogen-bond donors (Lipinski definition) is 2. The molecule has 0 heterocycles. The molecule has 2 N–H and O–H groups in total. The molecule has 0 saturated heterocycles. The van der Waals surface area contributed by atoms with Crippen LogP contribution in [0.5, 0.6) is 0 Å². The number of halogens is 1. The van der Waals surface area contributed by atoms with Crippen LogP contribution in [-0.4, -0.2) is 63.2 Å². The van der Waals surface area contributed by atoms with Crippen LogP contribution in [0.3, 0.4) is 0 Å². The van der Waals surface area contributed by atoms with Gasteiger partial charge in [-0.3, -0.25) is 4.79 Å². The highest BCUT2D eigenvalue weighted by Crippen LogP contribution is 2.40. The maximum atomic E-state index is 12.0. The molecule has 0 spiro atoms. The number of carbonyl (C=O) groups excluding carboxylic acids is 1. The quantitative estimate of drug-likeness (QED) is 0.209. The van der Waals surface area contributed by atoms with Gasteiger partial charge in [0.25, 0.3) is 0 Å². The summed E-state index contributed by atoms with van der Waals surface area (Å²) in [6.45, 7) is 7.08. The second kappa shape index (κ2) is 13.7. The Balaban J connectivity index is 0.00000420. The highest BCUT2D eigenvalue weighted by Gasteiger charge is 2.34. The van der Waals surface area contributed by atoms with E-state index in [1.807, 2.05) is 0 Å². The molecule has 0 aromatic carbocycles. The third-order valence-electron chi connectivity index (χ3n) is 6.58. The Hall–Kier alpha value is -0.570. The number of likely N-dealkylation sites (N-methyl/N-ethyl adjacent to an activating group) is 1. The minimum absolute atomic E-state index is 0. The predicted molar refractivity (Wildman–Crippen MR) is 131 cm³/mol. The van der Waals surface area contributed by atoms with Crippen molar-refractivity contribution in [2.75, 3.05) is 40.4 Å². The molecule has 7 heteroatoms.